The van der Waals surface area contributed by atoms with Crippen molar-refractivity contribution >= 4 is 5.97 Å². The Balaban J connectivity index is 2.23. The molecule has 0 aromatic heterocycles. The van der Waals surface area contributed by atoms with Crippen LogP contribution in [-0.2, 0) is 4.79 Å². The van der Waals surface area contributed by atoms with Crippen molar-refractivity contribution in [1.82, 2.24) is 9.80 Å². The highest BCUT2D eigenvalue weighted by atomic mass is 16.4. The molecule has 1 aliphatic heterocycles. The first kappa shape index (κ1) is 11.5. The quantitative estimate of drug-likeness (QED) is 0.717. The maximum Gasteiger partial charge on any atom is 0.304 e. The Hall–Kier alpha value is -0.610. The predicted molar refractivity (Wildman–Crippen MR) is 55.4 cm³/mol. The molecule has 0 unspecified atom stereocenters. The number of hydrogen-bond acceptors (Lipinski definition) is 3. The number of hydrogen-bond donors (Lipinski definition) is 1. The van der Waals surface area contributed by atoms with Crippen LogP contribution < -0.4 is 0 Å². The third-order valence-electron chi connectivity index (χ3n) is 2.77. The topological polar surface area (TPSA) is 43.8 Å². The molecule has 0 radical (unpaired) electrons. The minimum Gasteiger partial charge on any atom is -0.481 e. The van der Waals surface area contributed by atoms with Crippen molar-refractivity contribution in [3.8, 4) is 0 Å². The lowest BCUT2D eigenvalue weighted by Crippen LogP contribution is -2.32. The maximum atomic E-state index is 10.4. The Kier molecular flexibility index (Phi) is 4.90. The van der Waals surface area contributed by atoms with E-state index in [0.717, 1.165) is 39.1 Å². The normalized spacial score (nSPS) is 20.6. The first-order chi connectivity index (χ1) is 6.72. The first-order valence-electron chi connectivity index (χ1n) is 5.39. The lowest BCUT2D eigenvalue weighted by Gasteiger charge is -2.19. The van der Waals surface area contributed by atoms with Gasteiger partial charge in [-0.15, -0.1) is 0 Å². The number of carboxylic acids is 1. The summed E-state index contributed by atoms with van der Waals surface area (Å²) in [6.45, 7) is 8.27. The maximum absolute atomic E-state index is 10.4. The van der Waals surface area contributed by atoms with Gasteiger partial charge >= 0.3 is 5.97 Å². The highest BCUT2D eigenvalue weighted by Gasteiger charge is 2.13. The number of likely N-dealkylation sites (N-methyl/N-ethyl adjacent to an activating group) is 1. The summed E-state index contributed by atoms with van der Waals surface area (Å²) in [5.41, 5.74) is 0. The van der Waals surface area contributed by atoms with Crippen LogP contribution in [0.15, 0.2) is 0 Å². The molecule has 0 amide bonds. The highest BCUT2D eigenvalue weighted by molar-refractivity contribution is 5.66. The molecule has 0 spiro atoms. The van der Waals surface area contributed by atoms with Crippen LogP contribution in [0.1, 0.15) is 19.8 Å². The molecule has 4 heteroatoms. The Morgan fingerprint density at radius 1 is 1.21 bits per heavy atom. The average Bonchev–Trinajstić information content (AvgIpc) is 2.39. The van der Waals surface area contributed by atoms with Crippen LogP contribution in [0.2, 0.25) is 0 Å². The zero-order valence-electron chi connectivity index (χ0n) is 8.91. The Labute approximate surface area is 85.5 Å². The van der Waals surface area contributed by atoms with Crippen LogP contribution in [0.25, 0.3) is 0 Å². The molecule has 1 fully saturated rings. The number of carbonyl (C=O) groups is 1. The lowest BCUT2D eigenvalue weighted by molar-refractivity contribution is -0.137. The molecule has 0 atom stereocenters. The van der Waals surface area contributed by atoms with Crippen molar-refractivity contribution in [2.45, 2.75) is 19.8 Å². The van der Waals surface area contributed by atoms with Gasteiger partial charge in [0, 0.05) is 19.6 Å². The SMILES string of the molecule is CCN1CCCN(CCC(=O)O)CC1. The van der Waals surface area contributed by atoms with E-state index in [2.05, 4.69) is 16.7 Å². The second-order valence-corrected chi connectivity index (χ2v) is 3.77. The molecule has 0 saturated carbocycles. The van der Waals surface area contributed by atoms with E-state index in [-0.39, 0.29) is 6.42 Å². The van der Waals surface area contributed by atoms with Gasteiger partial charge in [-0.3, -0.25) is 4.79 Å². The van der Waals surface area contributed by atoms with Crippen LogP contribution in [0.4, 0.5) is 0 Å². The monoisotopic (exact) mass is 200 g/mol. The fourth-order valence-electron chi connectivity index (χ4n) is 1.82. The molecule has 0 aromatic carbocycles. The molecule has 4 nitrogen and oxygen atoms in total. The fraction of sp³-hybridized carbons (Fsp3) is 0.900. The van der Waals surface area contributed by atoms with Crippen molar-refractivity contribution in [3.63, 3.8) is 0 Å². The summed E-state index contributed by atoms with van der Waals surface area (Å²) < 4.78 is 0. The molecule has 0 bridgehead atoms. The molecule has 14 heavy (non-hydrogen) atoms. The van der Waals surface area contributed by atoms with Crippen LogP contribution in [0.3, 0.4) is 0 Å². The van der Waals surface area contributed by atoms with Gasteiger partial charge in [0.1, 0.15) is 0 Å². The van der Waals surface area contributed by atoms with E-state index in [1.807, 2.05) is 0 Å². The Morgan fingerprint density at radius 3 is 2.50 bits per heavy atom. The van der Waals surface area contributed by atoms with Crippen molar-refractivity contribution < 1.29 is 9.90 Å². The fourth-order valence-corrected chi connectivity index (χ4v) is 1.82. The van der Waals surface area contributed by atoms with Crippen LogP contribution in [0.5, 0.6) is 0 Å². The average molecular weight is 200 g/mol. The minimum absolute atomic E-state index is 0.270. The molecule has 1 saturated heterocycles. The van der Waals surface area contributed by atoms with Gasteiger partial charge < -0.3 is 14.9 Å². The molecule has 1 aliphatic rings. The highest BCUT2D eigenvalue weighted by Crippen LogP contribution is 2.03. The Bertz CT molecular complexity index is 185. The molecule has 0 aromatic rings. The zero-order valence-corrected chi connectivity index (χ0v) is 8.91. The Morgan fingerprint density at radius 2 is 1.86 bits per heavy atom. The van der Waals surface area contributed by atoms with Gasteiger partial charge in [-0.25, -0.2) is 0 Å². The van der Waals surface area contributed by atoms with Crippen LogP contribution >= 0.6 is 0 Å². The lowest BCUT2D eigenvalue weighted by atomic mass is 10.3. The molecule has 82 valence electrons. The van der Waals surface area contributed by atoms with E-state index < -0.39 is 5.97 Å². The van der Waals surface area contributed by atoms with Crippen molar-refractivity contribution in [3.05, 3.63) is 0 Å². The van der Waals surface area contributed by atoms with Gasteiger partial charge in [0.25, 0.3) is 0 Å². The molecule has 1 N–H and O–H groups in total. The molecule has 0 aliphatic carbocycles. The minimum atomic E-state index is -0.693. The molecule has 1 heterocycles. The summed E-state index contributed by atoms with van der Waals surface area (Å²) in [6.07, 6.45) is 1.43. The number of carboxylic acid groups (broad SMARTS) is 1. The predicted octanol–water partition coefficient (Wildman–Crippen LogP) is 0.489. The van der Waals surface area contributed by atoms with Gasteiger partial charge in [-0.05, 0) is 26.1 Å². The smallest absolute Gasteiger partial charge is 0.304 e. The van der Waals surface area contributed by atoms with Crippen molar-refractivity contribution in [2.24, 2.45) is 0 Å². The second kappa shape index (κ2) is 5.98. The van der Waals surface area contributed by atoms with Crippen molar-refractivity contribution in [1.29, 1.82) is 0 Å². The van der Waals surface area contributed by atoms with E-state index in [0.29, 0.717) is 6.54 Å². The van der Waals surface area contributed by atoms with Gasteiger partial charge in [-0.1, -0.05) is 6.92 Å². The summed E-state index contributed by atoms with van der Waals surface area (Å²) in [6, 6.07) is 0. The largest absolute Gasteiger partial charge is 0.481 e. The number of nitrogens with zero attached hydrogens (tertiary/aromatic N) is 2. The van der Waals surface area contributed by atoms with Gasteiger partial charge in [0.15, 0.2) is 0 Å². The number of aliphatic carboxylic acids is 1. The van der Waals surface area contributed by atoms with Gasteiger partial charge in [-0.2, -0.15) is 0 Å². The second-order valence-electron chi connectivity index (χ2n) is 3.77. The van der Waals surface area contributed by atoms with E-state index in [1.54, 1.807) is 0 Å². The van der Waals surface area contributed by atoms with E-state index >= 15 is 0 Å². The molecular formula is C10H20N2O2. The summed E-state index contributed by atoms with van der Waals surface area (Å²) in [4.78, 5) is 15.1. The first-order valence-corrected chi connectivity index (χ1v) is 5.39. The van der Waals surface area contributed by atoms with E-state index in [9.17, 15) is 4.79 Å². The summed E-state index contributed by atoms with van der Waals surface area (Å²) in [7, 11) is 0. The van der Waals surface area contributed by atoms with Crippen molar-refractivity contribution in [2.75, 3.05) is 39.3 Å². The summed E-state index contributed by atoms with van der Waals surface area (Å²) in [5, 5.41) is 8.58. The van der Waals surface area contributed by atoms with E-state index in [1.165, 1.54) is 0 Å². The van der Waals surface area contributed by atoms with Gasteiger partial charge in [0.2, 0.25) is 0 Å². The third-order valence-corrected chi connectivity index (χ3v) is 2.77. The van der Waals surface area contributed by atoms with E-state index in [4.69, 9.17) is 5.11 Å². The standard InChI is InChI=1S/C10H20N2O2/c1-2-11-5-3-6-12(9-8-11)7-4-10(13)14/h2-9H2,1H3,(H,13,14). The number of rotatable bonds is 4. The van der Waals surface area contributed by atoms with Crippen LogP contribution in [-0.4, -0.2) is 60.1 Å². The zero-order chi connectivity index (χ0) is 10.4. The molecule has 1 rings (SSSR count). The summed E-state index contributed by atoms with van der Waals surface area (Å²) in [5.74, 6) is -0.693. The summed E-state index contributed by atoms with van der Waals surface area (Å²) >= 11 is 0. The molecular weight excluding hydrogens is 180 g/mol. The third kappa shape index (κ3) is 4.07. The van der Waals surface area contributed by atoms with Gasteiger partial charge in [0.05, 0.1) is 6.42 Å². The van der Waals surface area contributed by atoms with Crippen LogP contribution in [0, 0.1) is 0 Å².